The number of nitrogens with zero attached hydrogens (tertiary/aromatic N) is 3. The van der Waals surface area contributed by atoms with Gasteiger partial charge >= 0.3 is 5.97 Å². The number of imidazole rings is 1. The Hall–Kier alpha value is -3.28. The van der Waals surface area contributed by atoms with E-state index in [0.717, 1.165) is 34.8 Å². The van der Waals surface area contributed by atoms with Crippen molar-refractivity contribution < 1.29 is 14.3 Å². The Labute approximate surface area is 169 Å². The first-order chi connectivity index (χ1) is 13.8. The van der Waals surface area contributed by atoms with Crippen LogP contribution in [0.15, 0.2) is 49.2 Å². The van der Waals surface area contributed by atoms with Crippen LogP contribution >= 0.6 is 0 Å². The van der Waals surface area contributed by atoms with Crippen molar-refractivity contribution in [2.24, 2.45) is 0 Å². The second-order valence-electron chi connectivity index (χ2n) is 7.20. The quantitative estimate of drug-likeness (QED) is 0.603. The van der Waals surface area contributed by atoms with Gasteiger partial charge in [-0.1, -0.05) is 18.7 Å². The van der Waals surface area contributed by atoms with E-state index in [0.29, 0.717) is 25.1 Å². The molecule has 5 nitrogen and oxygen atoms in total. The minimum Gasteiger partial charge on any atom is -0.478 e. The van der Waals surface area contributed by atoms with Gasteiger partial charge in [0, 0.05) is 24.4 Å². The van der Waals surface area contributed by atoms with E-state index in [9.17, 15) is 14.3 Å². The molecule has 3 aromatic rings. The maximum absolute atomic E-state index is 13.2. The molecule has 2 heterocycles. The number of halogens is 1. The number of benzene rings is 1. The monoisotopic (exact) mass is 393 g/mol. The van der Waals surface area contributed by atoms with Crippen LogP contribution in [-0.2, 0) is 19.4 Å². The number of rotatable bonds is 8. The molecule has 0 fully saturated rings. The van der Waals surface area contributed by atoms with Gasteiger partial charge in [0.25, 0.3) is 0 Å². The summed E-state index contributed by atoms with van der Waals surface area (Å²) in [5.41, 5.74) is 4.57. The SMILES string of the molecule is C=C(C)c1cnc(CCCc2cc(C(=O)O)cc(C)n2)n1Cc1ccc(F)cc1. The molecule has 2 aromatic heterocycles. The molecule has 0 atom stereocenters. The number of carboxylic acid groups (broad SMARTS) is 1. The van der Waals surface area contributed by atoms with Gasteiger partial charge in [-0.3, -0.25) is 4.98 Å². The summed E-state index contributed by atoms with van der Waals surface area (Å²) in [7, 11) is 0. The second kappa shape index (κ2) is 8.82. The van der Waals surface area contributed by atoms with Crippen LogP contribution in [0.5, 0.6) is 0 Å². The standard InChI is InChI=1S/C23H24FN3O2/c1-15(2)21-13-25-22(27(21)14-17-7-9-19(24)10-8-17)6-4-5-20-12-18(23(28)29)11-16(3)26-20/h7-13H,1,4-6,14H2,2-3H3,(H,28,29). The molecule has 0 saturated carbocycles. The van der Waals surface area contributed by atoms with Crippen LogP contribution in [0.2, 0.25) is 0 Å². The third-order valence-electron chi connectivity index (χ3n) is 4.72. The highest BCUT2D eigenvalue weighted by molar-refractivity contribution is 5.87. The van der Waals surface area contributed by atoms with Crippen molar-refractivity contribution in [2.75, 3.05) is 0 Å². The molecule has 0 aliphatic rings. The largest absolute Gasteiger partial charge is 0.478 e. The highest BCUT2D eigenvalue weighted by atomic mass is 19.1. The predicted octanol–water partition coefficient (Wildman–Crippen LogP) is 4.68. The fraction of sp³-hybridized carbons (Fsp3) is 0.261. The molecule has 0 aliphatic heterocycles. The number of hydrogen-bond acceptors (Lipinski definition) is 3. The summed E-state index contributed by atoms with van der Waals surface area (Å²) < 4.78 is 15.3. The van der Waals surface area contributed by atoms with Crippen molar-refractivity contribution >= 4 is 11.5 Å². The zero-order valence-electron chi connectivity index (χ0n) is 16.7. The molecule has 0 amide bonds. The van der Waals surface area contributed by atoms with Gasteiger partial charge in [-0.2, -0.15) is 0 Å². The van der Waals surface area contributed by atoms with Crippen LogP contribution in [-0.4, -0.2) is 25.6 Å². The molecule has 6 heteroatoms. The van der Waals surface area contributed by atoms with Crippen LogP contribution in [0.3, 0.4) is 0 Å². The van der Waals surface area contributed by atoms with Crippen molar-refractivity contribution in [1.82, 2.24) is 14.5 Å². The number of pyridine rings is 1. The van der Waals surface area contributed by atoms with Crippen molar-refractivity contribution in [3.8, 4) is 0 Å². The summed E-state index contributed by atoms with van der Waals surface area (Å²) in [6.45, 7) is 8.35. The molecule has 0 bridgehead atoms. The van der Waals surface area contributed by atoms with E-state index in [1.807, 2.05) is 13.1 Å². The zero-order chi connectivity index (χ0) is 21.0. The Bertz CT molecular complexity index is 1040. The number of allylic oxidation sites excluding steroid dienone is 1. The molecule has 0 unspecified atom stereocenters. The van der Waals surface area contributed by atoms with Crippen LogP contribution in [0.1, 0.15) is 52.2 Å². The third kappa shape index (κ3) is 5.16. The topological polar surface area (TPSA) is 68.0 Å². The Balaban J connectivity index is 1.75. The average molecular weight is 393 g/mol. The first kappa shape index (κ1) is 20.5. The lowest BCUT2D eigenvalue weighted by atomic mass is 10.1. The van der Waals surface area contributed by atoms with Crippen molar-refractivity contribution in [3.63, 3.8) is 0 Å². The summed E-state index contributed by atoms with van der Waals surface area (Å²) in [5, 5.41) is 9.21. The van der Waals surface area contributed by atoms with Gasteiger partial charge in [-0.15, -0.1) is 0 Å². The van der Waals surface area contributed by atoms with Crippen LogP contribution in [0.25, 0.3) is 5.57 Å². The molecule has 150 valence electrons. The molecule has 1 N–H and O–H groups in total. The van der Waals surface area contributed by atoms with E-state index >= 15 is 0 Å². The first-order valence-electron chi connectivity index (χ1n) is 9.49. The van der Waals surface area contributed by atoms with Crippen LogP contribution in [0.4, 0.5) is 4.39 Å². The number of hydrogen-bond donors (Lipinski definition) is 1. The van der Waals surface area contributed by atoms with Crippen LogP contribution in [0, 0.1) is 12.7 Å². The average Bonchev–Trinajstić information content (AvgIpc) is 3.06. The molecular weight excluding hydrogens is 369 g/mol. The number of aromatic nitrogens is 3. The summed E-state index contributed by atoms with van der Waals surface area (Å²) >= 11 is 0. The summed E-state index contributed by atoms with van der Waals surface area (Å²) in [6, 6.07) is 9.64. The highest BCUT2D eigenvalue weighted by Gasteiger charge is 2.12. The molecule has 0 radical (unpaired) electrons. The maximum atomic E-state index is 13.2. The second-order valence-corrected chi connectivity index (χ2v) is 7.20. The van der Waals surface area contributed by atoms with Crippen molar-refractivity contribution in [2.45, 2.75) is 39.7 Å². The van der Waals surface area contributed by atoms with E-state index in [1.54, 1.807) is 31.2 Å². The van der Waals surface area contributed by atoms with Crippen molar-refractivity contribution in [1.29, 1.82) is 0 Å². The molecule has 0 spiro atoms. The van der Waals surface area contributed by atoms with Gasteiger partial charge in [-0.05, 0) is 62.1 Å². The van der Waals surface area contributed by atoms with E-state index in [1.165, 1.54) is 12.1 Å². The van der Waals surface area contributed by atoms with E-state index in [2.05, 4.69) is 21.1 Å². The normalized spacial score (nSPS) is 10.9. The third-order valence-corrected chi connectivity index (χ3v) is 4.72. The van der Waals surface area contributed by atoms with Gasteiger partial charge < -0.3 is 9.67 Å². The molecule has 1 aromatic carbocycles. The lowest BCUT2D eigenvalue weighted by Crippen LogP contribution is -2.09. The number of aromatic carboxylic acids is 1. The Kier molecular flexibility index (Phi) is 6.22. The number of carboxylic acids is 1. The van der Waals surface area contributed by atoms with E-state index in [4.69, 9.17) is 0 Å². The minimum absolute atomic E-state index is 0.258. The minimum atomic E-state index is -0.947. The van der Waals surface area contributed by atoms with Gasteiger partial charge in [-0.25, -0.2) is 14.2 Å². The van der Waals surface area contributed by atoms with E-state index in [-0.39, 0.29) is 11.4 Å². The lowest BCUT2D eigenvalue weighted by Gasteiger charge is -2.12. The fourth-order valence-corrected chi connectivity index (χ4v) is 3.32. The summed E-state index contributed by atoms with van der Waals surface area (Å²) in [5.74, 6) is -0.290. The zero-order valence-corrected chi connectivity index (χ0v) is 16.7. The maximum Gasteiger partial charge on any atom is 0.335 e. The summed E-state index contributed by atoms with van der Waals surface area (Å²) in [6.07, 6.45) is 3.97. The van der Waals surface area contributed by atoms with Gasteiger partial charge in [0.2, 0.25) is 0 Å². The number of carbonyl (C=O) groups is 1. The van der Waals surface area contributed by atoms with Gasteiger partial charge in [0.05, 0.1) is 17.5 Å². The Morgan fingerprint density at radius 3 is 2.59 bits per heavy atom. The van der Waals surface area contributed by atoms with Gasteiger partial charge in [0.15, 0.2) is 0 Å². The molecule has 0 aliphatic carbocycles. The van der Waals surface area contributed by atoms with Crippen molar-refractivity contribution in [3.05, 3.63) is 89.0 Å². The predicted molar refractivity (Wildman–Crippen MR) is 110 cm³/mol. The molecular formula is C23H24FN3O2. The van der Waals surface area contributed by atoms with Gasteiger partial charge in [0.1, 0.15) is 11.6 Å². The van der Waals surface area contributed by atoms with E-state index < -0.39 is 5.97 Å². The Morgan fingerprint density at radius 2 is 1.93 bits per heavy atom. The van der Waals surface area contributed by atoms with Crippen LogP contribution < -0.4 is 0 Å². The Morgan fingerprint density at radius 1 is 1.21 bits per heavy atom. The lowest BCUT2D eigenvalue weighted by molar-refractivity contribution is 0.0696. The first-order valence-corrected chi connectivity index (χ1v) is 9.49. The molecule has 3 rings (SSSR count). The number of aryl methyl sites for hydroxylation is 3. The summed E-state index contributed by atoms with van der Waals surface area (Å²) in [4.78, 5) is 20.2. The molecule has 29 heavy (non-hydrogen) atoms. The fourth-order valence-electron chi connectivity index (χ4n) is 3.32. The smallest absolute Gasteiger partial charge is 0.335 e. The highest BCUT2D eigenvalue weighted by Crippen LogP contribution is 2.19. The molecule has 0 saturated heterocycles.